The first-order chi connectivity index (χ1) is 16.3. The highest BCUT2D eigenvalue weighted by molar-refractivity contribution is 6.07. The number of nitrogens with one attached hydrogen (secondary N) is 1. The van der Waals surface area contributed by atoms with Crippen molar-refractivity contribution in [1.82, 2.24) is 10.2 Å². The van der Waals surface area contributed by atoms with Crippen molar-refractivity contribution in [1.29, 1.82) is 0 Å². The van der Waals surface area contributed by atoms with Crippen LogP contribution in [-0.2, 0) is 4.74 Å². The molecule has 0 saturated carbocycles. The van der Waals surface area contributed by atoms with E-state index in [4.69, 9.17) is 9.47 Å². The average molecular weight is 483 g/mol. The highest BCUT2D eigenvalue weighted by Crippen LogP contribution is 2.30. The number of hydrogen-bond acceptors (Lipinski definition) is 6. The third kappa shape index (κ3) is 6.28. The van der Waals surface area contributed by atoms with Crippen LogP contribution in [0.15, 0.2) is 36.4 Å². The number of Topliss-reactive ketones (excluding diaryl/α,β-unsaturated/α-hetero) is 1. The number of aryl methyl sites for hydroxylation is 2. The molecule has 2 aromatic rings. The van der Waals surface area contributed by atoms with Crippen LogP contribution >= 0.6 is 0 Å². The molecular formula is C28H38N2O5. The number of carbonyl (C=O) groups is 2. The summed E-state index contributed by atoms with van der Waals surface area (Å²) in [7, 11) is 1.57. The zero-order valence-corrected chi connectivity index (χ0v) is 21.9. The van der Waals surface area contributed by atoms with Gasteiger partial charge in [-0.2, -0.15) is 0 Å². The van der Waals surface area contributed by atoms with E-state index in [9.17, 15) is 14.7 Å². The number of likely N-dealkylation sites (tertiary alicyclic amines) is 1. The van der Waals surface area contributed by atoms with Gasteiger partial charge in [0, 0.05) is 29.8 Å². The van der Waals surface area contributed by atoms with Crippen molar-refractivity contribution in [2.24, 2.45) is 0 Å². The van der Waals surface area contributed by atoms with Gasteiger partial charge in [0.1, 0.15) is 11.3 Å². The molecule has 190 valence electrons. The molecule has 2 N–H and O–H groups in total. The lowest BCUT2D eigenvalue weighted by Crippen LogP contribution is -2.61. The molecule has 35 heavy (non-hydrogen) atoms. The third-order valence-electron chi connectivity index (χ3n) is 6.44. The summed E-state index contributed by atoms with van der Waals surface area (Å²) in [5, 5.41) is 13.7. The number of nitrogens with zero attached hydrogens (tertiary/aromatic N) is 1. The average Bonchev–Trinajstić information content (AvgIpc) is 2.77. The van der Waals surface area contributed by atoms with E-state index in [0.29, 0.717) is 48.4 Å². The fourth-order valence-electron chi connectivity index (χ4n) is 4.67. The van der Waals surface area contributed by atoms with Crippen LogP contribution in [0.2, 0.25) is 0 Å². The van der Waals surface area contributed by atoms with Crippen LogP contribution in [-0.4, -0.2) is 59.5 Å². The smallest absolute Gasteiger partial charge is 0.252 e. The van der Waals surface area contributed by atoms with Gasteiger partial charge in [0.05, 0.1) is 12.7 Å². The van der Waals surface area contributed by atoms with Gasteiger partial charge in [-0.1, -0.05) is 23.3 Å². The molecule has 1 atom stereocenters. The third-order valence-corrected chi connectivity index (χ3v) is 6.44. The van der Waals surface area contributed by atoms with Crippen molar-refractivity contribution in [2.45, 2.75) is 71.9 Å². The predicted octanol–water partition coefficient (Wildman–Crippen LogP) is 4.16. The Morgan fingerprint density at radius 1 is 1.06 bits per heavy atom. The normalized spacial score (nSPS) is 17.0. The zero-order valence-electron chi connectivity index (χ0n) is 21.9. The van der Waals surface area contributed by atoms with E-state index in [1.54, 1.807) is 30.2 Å². The number of carbonyl (C=O) groups excluding carboxylic acids is 2. The number of hydrogen-bond donors (Lipinski definition) is 2. The summed E-state index contributed by atoms with van der Waals surface area (Å²) >= 11 is 0. The van der Waals surface area contributed by atoms with Crippen molar-refractivity contribution >= 4 is 11.7 Å². The van der Waals surface area contributed by atoms with Gasteiger partial charge in [-0.15, -0.1) is 0 Å². The minimum atomic E-state index is -1.11. The first kappa shape index (κ1) is 26.9. The molecule has 0 aliphatic carbocycles. The minimum Gasteiger partial charge on any atom is -0.496 e. The Morgan fingerprint density at radius 3 is 2.20 bits per heavy atom. The van der Waals surface area contributed by atoms with Gasteiger partial charge in [0.15, 0.2) is 5.78 Å². The molecule has 1 amide bonds. The van der Waals surface area contributed by atoms with E-state index in [-0.39, 0.29) is 11.7 Å². The Kier molecular flexibility index (Phi) is 8.04. The molecular weight excluding hydrogens is 444 g/mol. The molecule has 1 heterocycles. The molecule has 0 radical (unpaired) electrons. The van der Waals surface area contributed by atoms with E-state index in [2.05, 4.69) is 5.32 Å². The molecule has 3 rings (SSSR count). The van der Waals surface area contributed by atoms with Crippen molar-refractivity contribution in [3.63, 3.8) is 0 Å². The van der Waals surface area contributed by atoms with Crippen LogP contribution in [0.5, 0.6) is 5.75 Å². The quantitative estimate of drug-likeness (QED) is 0.455. The number of methoxy groups -OCH3 is 1. The molecule has 2 aromatic carbocycles. The molecule has 1 unspecified atom stereocenters. The highest BCUT2D eigenvalue weighted by Gasteiger charge is 2.44. The van der Waals surface area contributed by atoms with E-state index in [1.807, 2.05) is 59.7 Å². The van der Waals surface area contributed by atoms with E-state index in [1.165, 1.54) is 0 Å². The molecule has 1 aliphatic heterocycles. The summed E-state index contributed by atoms with van der Waals surface area (Å²) in [5.41, 5.74) is 2.12. The van der Waals surface area contributed by atoms with Gasteiger partial charge in [-0.05, 0) is 78.6 Å². The maximum Gasteiger partial charge on any atom is 0.252 e. The highest BCUT2D eigenvalue weighted by atomic mass is 16.6. The van der Waals surface area contributed by atoms with Crippen molar-refractivity contribution in [2.75, 3.05) is 20.2 Å². The van der Waals surface area contributed by atoms with E-state index in [0.717, 1.165) is 11.1 Å². The Hall–Kier alpha value is -2.74. The van der Waals surface area contributed by atoms with E-state index < -0.39 is 17.6 Å². The van der Waals surface area contributed by atoms with Gasteiger partial charge in [0.2, 0.25) is 6.41 Å². The molecule has 1 saturated heterocycles. The summed E-state index contributed by atoms with van der Waals surface area (Å²) in [6.45, 7) is 12.2. The van der Waals surface area contributed by atoms with Gasteiger partial charge < -0.3 is 19.9 Å². The SMILES string of the molecule is COc1cccc(C(=O)NC2(C(=O)c3cc(C)cc(C)c3)CCN(C(O)OC(C)(C)C)CC2)c1C. The summed E-state index contributed by atoms with van der Waals surface area (Å²) in [6, 6.07) is 11.1. The van der Waals surface area contributed by atoms with Gasteiger partial charge in [-0.3, -0.25) is 14.5 Å². The predicted molar refractivity (Wildman–Crippen MR) is 136 cm³/mol. The zero-order chi connectivity index (χ0) is 26.0. The number of aliphatic hydroxyl groups is 1. The van der Waals surface area contributed by atoms with Crippen LogP contribution in [0.25, 0.3) is 0 Å². The fourth-order valence-corrected chi connectivity index (χ4v) is 4.67. The lowest BCUT2D eigenvalue weighted by atomic mass is 9.79. The number of ether oxygens (including phenoxy) is 2. The number of benzene rings is 2. The van der Waals surface area contributed by atoms with Crippen LogP contribution < -0.4 is 10.1 Å². The van der Waals surface area contributed by atoms with E-state index >= 15 is 0 Å². The Labute approximate surface area is 208 Å². The first-order valence-corrected chi connectivity index (χ1v) is 12.0. The monoisotopic (exact) mass is 482 g/mol. The van der Waals surface area contributed by atoms with Crippen LogP contribution in [0.1, 0.15) is 71.0 Å². The summed E-state index contributed by atoms with van der Waals surface area (Å²) < 4.78 is 11.1. The molecule has 0 aromatic heterocycles. The minimum absolute atomic E-state index is 0.121. The molecule has 1 fully saturated rings. The van der Waals surface area contributed by atoms with Gasteiger partial charge in [-0.25, -0.2) is 0 Å². The number of rotatable bonds is 7. The Balaban J connectivity index is 1.93. The van der Waals surface area contributed by atoms with Crippen LogP contribution in [0.4, 0.5) is 0 Å². The summed E-state index contributed by atoms with van der Waals surface area (Å²) in [4.78, 5) is 29.2. The molecule has 1 aliphatic rings. The van der Waals surface area contributed by atoms with Crippen molar-refractivity contribution in [3.05, 3.63) is 64.2 Å². The number of ketones is 1. The van der Waals surface area contributed by atoms with Crippen molar-refractivity contribution < 1.29 is 24.2 Å². The van der Waals surface area contributed by atoms with Crippen LogP contribution in [0.3, 0.4) is 0 Å². The Morgan fingerprint density at radius 2 is 1.66 bits per heavy atom. The molecule has 0 bridgehead atoms. The standard InChI is InChI=1S/C28H38N2O5/c1-18-15-19(2)17-21(16-18)24(31)28(11-13-30(14-12-28)26(33)35-27(4,5)6)29-25(32)22-9-8-10-23(34-7)20(22)3/h8-10,15-17,26,33H,11-14H2,1-7H3,(H,29,32). The van der Waals surface area contributed by atoms with Gasteiger partial charge >= 0.3 is 0 Å². The summed E-state index contributed by atoms with van der Waals surface area (Å²) in [6.07, 6.45) is -0.392. The second-order valence-electron chi connectivity index (χ2n) is 10.5. The summed E-state index contributed by atoms with van der Waals surface area (Å²) in [5.74, 6) is 0.174. The fraction of sp³-hybridized carbons (Fsp3) is 0.500. The lowest BCUT2D eigenvalue weighted by Gasteiger charge is -2.43. The molecule has 7 heteroatoms. The number of aliphatic hydroxyl groups excluding tert-OH is 1. The lowest BCUT2D eigenvalue weighted by molar-refractivity contribution is -0.243. The first-order valence-electron chi connectivity index (χ1n) is 12.0. The molecule has 7 nitrogen and oxygen atoms in total. The second kappa shape index (κ2) is 10.5. The second-order valence-corrected chi connectivity index (χ2v) is 10.5. The maximum atomic E-state index is 14.0. The van der Waals surface area contributed by atoms with Crippen LogP contribution in [0, 0.1) is 20.8 Å². The maximum absolute atomic E-state index is 14.0. The topological polar surface area (TPSA) is 88.1 Å². The van der Waals surface area contributed by atoms with Crippen molar-refractivity contribution in [3.8, 4) is 5.75 Å². The molecule has 0 spiro atoms. The largest absolute Gasteiger partial charge is 0.496 e. The number of amides is 1. The number of piperidine rings is 1. The Bertz CT molecular complexity index is 1060. The van der Waals surface area contributed by atoms with Gasteiger partial charge in [0.25, 0.3) is 5.91 Å².